The number of likely N-dealkylation sites (tertiary alicyclic amines) is 1. The van der Waals surface area contributed by atoms with Crippen molar-refractivity contribution in [2.45, 2.75) is 45.7 Å². The molecule has 1 saturated heterocycles. The van der Waals surface area contributed by atoms with E-state index in [1.165, 1.54) is 6.42 Å². The van der Waals surface area contributed by atoms with Crippen LogP contribution in [0.3, 0.4) is 0 Å². The van der Waals surface area contributed by atoms with Gasteiger partial charge in [-0.05, 0) is 59.3 Å². The molecule has 2 N–H and O–H groups in total. The van der Waals surface area contributed by atoms with Gasteiger partial charge in [0.15, 0.2) is 0 Å². The molecule has 2 atom stereocenters. The van der Waals surface area contributed by atoms with Gasteiger partial charge in [0.25, 0.3) is 0 Å². The first-order valence-corrected chi connectivity index (χ1v) is 9.35. The predicted octanol–water partition coefficient (Wildman–Crippen LogP) is 2.50. The van der Waals surface area contributed by atoms with Crippen LogP contribution < -0.4 is 10.6 Å². The molecule has 0 radical (unpaired) electrons. The molecule has 0 spiro atoms. The Balaban J connectivity index is 1.74. The number of carbonyl (C=O) groups is 1. The van der Waals surface area contributed by atoms with Gasteiger partial charge >= 0.3 is 0 Å². The van der Waals surface area contributed by atoms with Gasteiger partial charge in [0.05, 0.1) is 28.8 Å². The molecule has 1 aromatic carbocycles. The normalized spacial score (nSPS) is 19.3. The quantitative estimate of drug-likeness (QED) is 0.865. The lowest BCUT2D eigenvalue weighted by molar-refractivity contribution is -0.121. The lowest BCUT2D eigenvalue weighted by Gasteiger charge is -2.35. The van der Waals surface area contributed by atoms with Crippen LogP contribution in [0.1, 0.15) is 31.2 Å². The third-order valence-electron chi connectivity index (χ3n) is 5.33. The lowest BCUT2D eigenvalue weighted by atomic mass is 10.0. The molecule has 3 rings (SSSR count). The topological polar surface area (TPSA) is 62.2 Å². The molecule has 0 saturated carbocycles. The highest BCUT2D eigenvalue weighted by molar-refractivity contribution is 5.95. The fraction of sp³-hybridized carbons (Fsp3) is 0.500. The van der Waals surface area contributed by atoms with Crippen molar-refractivity contribution in [2.24, 2.45) is 0 Å². The number of nitrogens with one attached hydrogen (secondary N) is 2. The third-order valence-corrected chi connectivity index (χ3v) is 5.33. The zero-order valence-corrected chi connectivity index (χ0v) is 16.1. The van der Waals surface area contributed by atoms with E-state index < -0.39 is 0 Å². The monoisotopic (exact) mass is 355 g/mol. The van der Waals surface area contributed by atoms with Gasteiger partial charge in [0.1, 0.15) is 0 Å². The van der Waals surface area contributed by atoms with E-state index in [0.717, 1.165) is 42.3 Å². The summed E-state index contributed by atoms with van der Waals surface area (Å²) in [5, 5.41) is 11.1. The number of carbonyl (C=O) groups excluding carboxylic acids is 1. The molecule has 6 heteroatoms. The standard InChI is InChI=1S/C20H29N5O/c1-14-19(15(2)25(23-14)18-10-6-5-7-11-18)22-20(26)16(3)24-12-8-9-17(13-24)21-4/h5-7,10-11,16-17,21H,8-9,12-13H2,1-4H3,(H,22,26). The molecule has 6 nitrogen and oxygen atoms in total. The first kappa shape index (κ1) is 18.6. The van der Waals surface area contributed by atoms with E-state index in [2.05, 4.69) is 20.6 Å². The average molecular weight is 355 g/mol. The molecule has 1 amide bonds. The van der Waals surface area contributed by atoms with E-state index >= 15 is 0 Å². The van der Waals surface area contributed by atoms with Gasteiger partial charge in [0, 0.05) is 12.6 Å². The number of aromatic nitrogens is 2. The largest absolute Gasteiger partial charge is 0.322 e. The van der Waals surface area contributed by atoms with Crippen LogP contribution in [0, 0.1) is 13.8 Å². The summed E-state index contributed by atoms with van der Waals surface area (Å²) >= 11 is 0. The first-order valence-electron chi connectivity index (χ1n) is 9.35. The van der Waals surface area contributed by atoms with Crippen molar-refractivity contribution in [2.75, 3.05) is 25.5 Å². The zero-order chi connectivity index (χ0) is 18.7. The number of amides is 1. The molecule has 0 bridgehead atoms. The van der Waals surface area contributed by atoms with Crippen LogP contribution >= 0.6 is 0 Å². The summed E-state index contributed by atoms with van der Waals surface area (Å²) in [7, 11) is 1.99. The number of aryl methyl sites for hydroxylation is 1. The van der Waals surface area contributed by atoms with Crippen LogP contribution in [0.15, 0.2) is 30.3 Å². The van der Waals surface area contributed by atoms with Crippen molar-refractivity contribution in [1.29, 1.82) is 0 Å². The van der Waals surface area contributed by atoms with E-state index in [9.17, 15) is 4.79 Å². The molecular weight excluding hydrogens is 326 g/mol. The summed E-state index contributed by atoms with van der Waals surface area (Å²) in [4.78, 5) is 15.1. The van der Waals surface area contributed by atoms with Gasteiger partial charge in [0.2, 0.25) is 5.91 Å². The second-order valence-corrected chi connectivity index (χ2v) is 7.08. The summed E-state index contributed by atoms with van der Waals surface area (Å²) in [6.45, 7) is 7.79. The van der Waals surface area contributed by atoms with Crippen molar-refractivity contribution >= 4 is 11.6 Å². The van der Waals surface area contributed by atoms with Gasteiger partial charge < -0.3 is 10.6 Å². The Bertz CT molecular complexity index is 755. The minimum absolute atomic E-state index is 0.0283. The highest BCUT2D eigenvalue weighted by Crippen LogP contribution is 2.23. The fourth-order valence-corrected chi connectivity index (χ4v) is 3.63. The number of para-hydroxylation sites is 1. The van der Waals surface area contributed by atoms with Crippen LogP contribution in [0.2, 0.25) is 0 Å². The van der Waals surface area contributed by atoms with E-state index in [-0.39, 0.29) is 11.9 Å². The number of benzene rings is 1. The van der Waals surface area contributed by atoms with E-state index in [4.69, 9.17) is 0 Å². The van der Waals surface area contributed by atoms with Crippen LogP contribution in [-0.2, 0) is 4.79 Å². The molecular formula is C20H29N5O. The smallest absolute Gasteiger partial charge is 0.241 e. The predicted molar refractivity (Wildman–Crippen MR) is 105 cm³/mol. The molecule has 2 unspecified atom stereocenters. The molecule has 1 aromatic heterocycles. The maximum atomic E-state index is 12.8. The highest BCUT2D eigenvalue weighted by Gasteiger charge is 2.27. The Morgan fingerprint density at radius 3 is 2.69 bits per heavy atom. The molecule has 0 aliphatic carbocycles. The second kappa shape index (κ2) is 8.01. The maximum absolute atomic E-state index is 12.8. The van der Waals surface area contributed by atoms with Crippen LogP contribution in [0.5, 0.6) is 0 Å². The van der Waals surface area contributed by atoms with Gasteiger partial charge in [-0.3, -0.25) is 9.69 Å². The van der Waals surface area contributed by atoms with Crippen LogP contribution in [0.25, 0.3) is 5.69 Å². The minimum Gasteiger partial charge on any atom is -0.322 e. The molecule has 26 heavy (non-hydrogen) atoms. The van der Waals surface area contributed by atoms with Gasteiger partial charge in [-0.1, -0.05) is 18.2 Å². The summed E-state index contributed by atoms with van der Waals surface area (Å²) in [6, 6.07) is 10.3. The zero-order valence-electron chi connectivity index (χ0n) is 16.1. The van der Waals surface area contributed by atoms with E-state index in [0.29, 0.717) is 6.04 Å². The number of rotatable bonds is 5. The summed E-state index contributed by atoms with van der Waals surface area (Å²) < 4.78 is 1.88. The number of nitrogens with zero attached hydrogens (tertiary/aromatic N) is 3. The molecule has 140 valence electrons. The number of likely N-dealkylation sites (N-methyl/N-ethyl adjacent to an activating group) is 1. The van der Waals surface area contributed by atoms with Gasteiger partial charge in [-0.2, -0.15) is 5.10 Å². The number of piperidine rings is 1. The number of hydrogen-bond acceptors (Lipinski definition) is 4. The van der Waals surface area contributed by atoms with E-state index in [1.54, 1.807) is 0 Å². The highest BCUT2D eigenvalue weighted by atomic mass is 16.2. The van der Waals surface area contributed by atoms with Crippen molar-refractivity contribution in [3.8, 4) is 5.69 Å². The average Bonchev–Trinajstić information content (AvgIpc) is 2.96. The molecule has 1 fully saturated rings. The minimum atomic E-state index is -0.162. The Labute approximate surface area is 155 Å². The third kappa shape index (κ3) is 3.81. The maximum Gasteiger partial charge on any atom is 0.241 e. The SMILES string of the molecule is CNC1CCCN(C(C)C(=O)Nc2c(C)nn(-c3ccccc3)c2C)C1. The second-order valence-electron chi connectivity index (χ2n) is 7.08. The lowest BCUT2D eigenvalue weighted by Crippen LogP contribution is -2.51. The molecule has 2 heterocycles. The van der Waals surface area contributed by atoms with Crippen LogP contribution in [0.4, 0.5) is 5.69 Å². The Morgan fingerprint density at radius 1 is 1.27 bits per heavy atom. The Morgan fingerprint density at radius 2 is 2.00 bits per heavy atom. The van der Waals surface area contributed by atoms with Crippen molar-refractivity contribution < 1.29 is 4.79 Å². The van der Waals surface area contributed by atoms with Crippen molar-refractivity contribution in [3.05, 3.63) is 41.7 Å². The van der Waals surface area contributed by atoms with Gasteiger partial charge in [-0.25, -0.2) is 4.68 Å². The fourth-order valence-electron chi connectivity index (χ4n) is 3.63. The van der Waals surface area contributed by atoms with Crippen LogP contribution in [-0.4, -0.2) is 52.8 Å². The van der Waals surface area contributed by atoms with Crippen molar-refractivity contribution in [3.63, 3.8) is 0 Å². The van der Waals surface area contributed by atoms with Crippen molar-refractivity contribution in [1.82, 2.24) is 20.0 Å². The molecule has 2 aromatic rings. The first-order chi connectivity index (χ1) is 12.5. The number of hydrogen-bond donors (Lipinski definition) is 2. The molecule has 1 aliphatic heterocycles. The Kier molecular flexibility index (Phi) is 5.74. The Hall–Kier alpha value is -2.18. The number of anilines is 1. The summed E-state index contributed by atoms with van der Waals surface area (Å²) in [6.07, 6.45) is 2.29. The summed E-state index contributed by atoms with van der Waals surface area (Å²) in [5.41, 5.74) is 3.59. The van der Waals surface area contributed by atoms with E-state index in [1.807, 2.05) is 62.8 Å². The van der Waals surface area contributed by atoms with Gasteiger partial charge in [-0.15, -0.1) is 0 Å². The summed E-state index contributed by atoms with van der Waals surface area (Å²) in [5.74, 6) is 0.0283. The molecule has 1 aliphatic rings.